The highest BCUT2D eigenvalue weighted by atomic mass is 14.9. The van der Waals surface area contributed by atoms with Gasteiger partial charge in [0, 0.05) is 12.0 Å². The first kappa shape index (κ1) is 18.0. The minimum atomic E-state index is 0.635. The molecular weight excluding hydrogens is 314 g/mol. The number of allylic oxidation sites excluding steroid dienone is 4. The summed E-state index contributed by atoms with van der Waals surface area (Å²) < 4.78 is 0. The molecule has 0 aliphatic heterocycles. The molecule has 3 aliphatic carbocycles. The lowest BCUT2D eigenvalue weighted by atomic mass is 9.75. The summed E-state index contributed by atoms with van der Waals surface area (Å²) in [6, 6.07) is 7.81. The summed E-state index contributed by atoms with van der Waals surface area (Å²) in [7, 11) is 0. The summed E-state index contributed by atoms with van der Waals surface area (Å²) in [6.45, 7) is 5.87. The molecule has 2 atom stereocenters. The molecule has 4 rings (SSSR count). The van der Waals surface area contributed by atoms with Crippen molar-refractivity contribution in [3.63, 3.8) is 0 Å². The van der Waals surface area contributed by atoms with Gasteiger partial charge in [-0.15, -0.1) is 0 Å². The van der Waals surface area contributed by atoms with Crippen molar-refractivity contribution in [3.8, 4) is 0 Å². The highest BCUT2D eigenvalue weighted by molar-refractivity contribution is 5.40. The largest absolute Gasteiger partial charge is 0.313 e. The standard InChI is InChI=1S/C25H35N/c1-18-7-10-21(11-8-18)17-26-25-14-12-22-15-19(2)9-13-23(22)24(25)16-20-5-3-4-6-20/h3,5-6,9,13,15,18,21,24-26H,4,7-8,10-12,14,16-17H2,1-2H3. The lowest BCUT2D eigenvalue weighted by molar-refractivity contribution is 0.262. The molecule has 3 aliphatic rings. The summed E-state index contributed by atoms with van der Waals surface area (Å²) in [6.07, 6.45) is 17.6. The van der Waals surface area contributed by atoms with Crippen molar-refractivity contribution in [2.24, 2.45) is 11.8 Å². The van der Waals surface area contributed by atoms with E-state index in [1.165, 1.54) is 57.1 Å². The molecule has 1 aromatic rings. The summed E-state index contributed by atoms with van der Waals surface area (Å²) in [5, 5.41) is 4.03. The highest BCUT2D eigenvalue weighted by Gasteiger charge is 2.30. The Morgan fingerprint density at radius 1 is 1.08 bits per heavy atom. The van der Waals surface area contributed by atoms with Crippen LogP contribution >= 0.6 is 0 Å². The van der Waals surface area contributed by atoms with Crippen LogP contribution in [-0.2, 0) is 6.42 Å². The predicted octanol–water partition coefficient (Wildman–Crippen LogP) is 6.09. The maximum absolute atomic E-state index is 4.03. The van der Waals surface area contributed by atoms with Crippen molar-refractivity contribution in [2.75, 3.05) is 6.54 Å². The van der Waals surface area contributed by atoms with E-state index >= 15 is 0 Å². The molecule has 0 bridgehead atoms. The van der Waals surface area contributed by atoms with Crippen LogP contribution < -0.4 is 5.32 Å². The van der Waals surface area contributed by atoms with Crippen molar-refractivity contribution in [1.82, 2.24) is 5.32 Å². The van der Waals surface area contributed by atoms with Crippen LogP contribution in [0.5, 0.6) is 0 Å². The lowest BCUT2D eigenvalue weighted by Crippen LogP contribution is -2.41. The number of hydrogen-bond donors (Lipinski definition) is 1. The molecule has 0 spiro atoms. The fraction of sp³-hybridized carbons (Fsp3) is 0.600. The van der Waals surface area contributed by atoms with Crippen molar-refractivity contribution >= 4 is 0 Å². The van der Waals surface area contributed by atoms with Crippen LogP contribution in [-0.4, -0.2) is 12.6 Å². The summed E-state index contributed by atoms with van der Waals surface area (Å²) >= 11 is 0. The monoisotopic (exact) mass is 349 g/mol. The molecule has 140 valence electrons. The Hall–Kier alpha value is -1.34. The van der Waals surface area contributed by atoms with Crippen LogP contribution in [0.25, 0.3) is 0 Å². The fourth-order valence-electron chi connectivity index (χ4n) is 5.30. The fourth-order valence-corrected chi connectivity index (χ4v) is 5.30. The molecule has 1 fully saturated rings. The first-order chi connectivity index (χ1) is 12.7. The normalized spacial score (nSPS) is 30.9. The van der Waals surface area contributed by atoms with Gasteiger partial charge in [-0.3, -0.25) is 0 Å². The van der Waals surface area contributed by atoms with Gasteiger partial charge in [0.05, 0.1) is 0 Å². The molecule has 0 heterocycles. The second kappa shape index (κ2) is 8.13. The molecule has 0 amide bonds. The average molecular weight is 350 g/mol. The molecule has 1 aromatic carbocycles. The third kappa shape index (κ3) is 4.14. The second-order valence-electron chi connectivity index (χ2n) is 9.11. The van der Waals surface area contributed by atoms with Gasteiger partial charge in [0.25, 0.3) is 0 Å². The topological polar surface area (TPSA) is 12.0 Å². The third-order valence-electron chi connectivity index (χ3n) is 7.02. The van der Waals surface area contributed by atoms with E-state index in [4.69, 9.17) is 0 Å². The Morgan fingerprint density at radius 2 is 1.92 bits per heavy atom. The zero-order valence-electron chi connectivity index (χ0n) is 16.6. The van der Waals surface area contributed by atoms with Gasteiger partial charge in [-0.05, 0) is 75.0 Å². The Bertz CT molecular complexity index is 675. The molecular formula is C25H35N. The van der Waals surface area contributed by atoms with Crippen LogP contribution in [0, 0.1) is 18.8 Å². The summed E-state index contributed by atoms with van der Waals surface area (Å²) in [5.41, 5.74) is 6.16. The van der Waals surface area contributed by atoms with Gasteiger partial charge in [-0.25, -0.2) is 0 Å². The van der Waals surface area contributed by atoms with E-state index in [2.05, 4.69) is 55.6 Å². The summed E-state index contributed by atoms with van der Waals surface area (Å²) in [4.78, 5) is 0. The second-order valence-corrected chi connectivity index (χ2v) is 9.11. The van der Waals surface area contributed by atoms with Gasteiger partial charge in [-0.2, -0.15) is 0 Å². The van der Waals surface area contributed by atoms with Crippen molar-refractivity contribution < 1.29 is 0 Å². The molecule has 0 radical (unpaired) electrons. The van der Waals surface area contributed by atoms with E-state index in [1.54, 1.807) is 16.7 Å². The minimum Gasteiger partial charge on any atom is -0.313 e. The van der Waals surface area contributed by atoms with E-state index in [-0.39, 0.29) is 0 Å². The zero-order valence-corrected chi connectivity index (χ0v) is 16.6. The number of rotatable bonds is 5. The first-order valence-corrected chi connectivity index (χ1v) is 10.9. The SMILES string of the molecule is Cc1ccc2c(c1)CCC(NCC1CCC(C)CC1)C2CC1=CCC=C1. The number of aryl methyl sites for hydroxylation is 2. The number of fused-ring (bicyclic) bond motifs is 1. The molecule has 2 unspecified atom stereocenters. The van der Waals surface area contributed by atoms with E-state index in [0.29, 0.717) is 12.0 Å². The van der Waals surface area contributed by atoms with Crippen LogP contribution in [0.4, 0.5) is 0 Å². The molecule has 0 aromatic heterocycles. The molecule has 1 heteroatoms. The van der Waals surface area contributed by atoms with Crippen LogP contribution in [0.3, 0.4) is 0 Å². The molecule has 1 saturated carbocycles. The van der Waals surface area contributed by atoms with E-state index in [9.17, 15) is 0 Å². The van der Waals surface area contributed by atoms with Crippen molar-refractivity contribution in [3.05, 3.63) is 58.7 Å². The third-order valence-corrected chi connectivity index (χ3v) is 7.02. The van der Waals surface area contributed by atoms with Crippen LogP contribution in [0.2, 0.25) is 0 Å². The Labute approximate surface area is 160 Å². The Morgan fingerprint density at radius 3 is 2.69 bits per heavy atom. The minimum absolute atomic E-state index is 0.635. The van der Waals surface area contributed by atoms with Gasteiger partial charge >= 0.3 is 0 Å². The Balaban J connectivity index is 1.47. The zero-order chi connectivity index (χ0) is 17.9. The smallest absolute Gasteiger partial charge is 0.0142 e. The number of hydrogen-bond acceptors (Lipinski definition) is 1. The number of nitrogens with one attached hydrogen (secondary N) is 1. The molecule has 1 N–H and O–H groups in total. The molecule has 26 heavy (non-hydrogen) atoms. The highest BCUT2D eigenvalue weighted by Crippen LogP contribution is 2.38. The predicted molar refractivity (Wildman–Crippen MR) is 112 cm³/mol. The van der Waals surface area contributed by atoms with E-state index < -0.39 is 0 Å². The Kier molecular flexibility index (Phi) is 5.64. The van der Waals surface area contributed by atoms with E-state index in [0.717, 1.165) is 18.3 Å². The number of benzene rings is 1. The van der Waals surface area contributed by atoms with Gasteiger partial charge in [0.2, 0.25) is 0 Å². The quantitative estimate of drug-likeness (QED) is 0.678. The lowest BCUT2D eigenvalue weighted by Gasteiger charge is -2.36. The van der Waals surface area contributed by atoms with Crippen molar-refractivity contribution in [1.29, 1.82) is 0 Å². The van der Waals surface area contributed by atoms with Gasteiger partial charge in [0.15, 0.2) is 0 Å². The van der Waals surface area contributed by atoms with Gasteiger partial charge in [-0.1, -0.05) is 67.3 Å². The summed E-state index contributed by atoms with van der Waals surface area (Å²) in [5.74, 6) is 2.48. The molecule has 1 nitrogen and oxygen atoms in total. The first-order valence-electron chi connectivity index (χ1n) is 10.9. The maximum Gasteiger partial charge on any atom is 0.0142 e. The average Bonchev–Trinajstić information content (AvgIpc) is 3.15. The van der Waals surface area contributed by atoms with Crippen molar-refractivity contribution in [2.45, 2.75) is 77.2 Å². The van der Waals surface area contributed by atoms with E-state index in [1.807, 2.05) is 0 Å². The van der Waals surface area contributed by atoms with Crippen LogP contribution in [0.1, 0.15) is 74.5 Å². The van der Waals surface area contributed by atoms with Crippen LogP contribution in [0.15, 0.2) is 42.0 Å². The molecule has 0 saturated heterocycles. The maximum atomic E-state index is 4.03. The van der Waals surface area contributed by atoms with Gasteiger partial charge in [0.1, 0.15) is 0 Å². The van der Waals surface area contributed by atoms with Gasteiger partial charge < -0.3 is 5.32 Å².